The van der Waals surface area contributed by atoms with Gasteiger partial charge in [0, 0.05) is 0 Å². The molecule has 6 nitrogen and oxygen atoms in total. The van der Waals surface area contributed by atoms with Gasteiger partial charge in [0.05, 0.1) is 24.9 Å². The van der Waals surface area contributed by atoms with Crippen molar-refractivity contribution in [3.8, 4) is 0 Å². The fraction of sp³-hybridized carbons (Fsp3) is 0.421. The molecule has 0 bridgehead atoms. The van der Waals surface area contributed by atoms with E-state index in [1.54, 1.807) is 18.5 Å². The predicted octanol–water partition coefficient (Wildman–Crippen LogP) is 3.35. The van der Waals surface area contributed by atoms with Crippen LogP contribution in [-0.2, 0) is 16.1 Å². The predicted molar refractivity (Wildman–Crippen MR) is 100 cm³/mol. The number of nitrogens with zero attached hydrogens (tertiary/aromatic N) is 2. The number of benzene rings is 1. The summed E-state index contributed by atoms with van der Waals surface area (Å²) in [4.78, 5) is 24.9. The molecule has 1 unspecified atom stereocenters. The van der Waals surface area contributed by atoms with Gasteiger partial charge in [0.1, 0.15) is 10.7 Å². The van der Waals surface area contributed by atoms with E-state index in [1.807, 2.05) is 37.3 Å². The summed E-state index contributed by atoms with van der Waals surface area (Å²) >= 11 is 6.42. The summed E-state index contributed by atoms with van der Waals surface area (Å²) in [6.45, 7) is 5.76. The van der Waals surface area contributed by atoms with Crippen LogP contribution in [0, 0.1) is 6.92 Å². The number of methoxy groups -OCH3 is 1. The molecule has 1 atom stereocenters. The molecule has 2 rings (SSSR count). The second-order valence-electron chi connectivity index (χ2n) is 6.42. The summed E-state index contributed by atoms with van der Waals surface area (Å²) < 4.78 is 6.42. The second kappa shape index (κ2) is 8.36. The van der Waals surface area contributed by atoms with Crippen molar-refractivity contribution in [2.75, 3.05) is 7.11 Å². The minimum Gasteiger partial charge on any atom is -0.467 e. The van der Waals surface area contributed by atoms with E-state index in [2.05, 4.69) is 10.4 Å². The first-order valence-corrected chi connectivity index (χ1v) is 8.88. The Hall–Kier alpha value is -2.34. The largest absolute Gasteiger partial charge is 0.467 e. The summed E-state index contributed by atoms with van der Waals surface area (Å²) in [5.74, 6) is -0.925. The lowest BCUT2D eigenvalue weighted by Gasteiger charge is -2.27. The normalized spacial score (nSPS) is 13.1. The monoisotopic (exact) mass is 377 g/mol. The first-order chi connectivity index (χ1) is 12.3. The van der Waals surface area contributed by atoms with E-state index in [0.717, 1.165) is 5.56 Å². The molecule has 26 heavy (non-hydrogen) atoms. The van der Waals surface area contributed by atoms with Gasteiger partial charge in [-0.3, -0.25) is 4.79 Å². The van der Waals surface area contributed by atoms with Crippen molar-refractivity contribution in [2.45, 2.75) is 45.7 Å². The summed E-state index contributed by atoms with van der Waals surface area (Å²) in [5.41, 5.74) is 0.688. The minimum absolute atomic E-state index is 0.243. The van der Waals surface area contributed by atoms with Crippen molar-refractivity contribution < 1.29 is 14.3 Å². The number of hydrogen-bond acceptors (Lipinski definition) is 4. The maximum absolute atomic E-state index is 12.8. The topological polar surface area (TPSA) is 73.2 Å². The van der Waals surface area contributed by atoms with Gasteiger partial charge >= 0.3 is 5.97 Å². The molecule has 0 saturated heterocycles. The number of aromatic nitrogens is 2. The van der Waals surface area contributed by atoms with Crippen LogP contribution in [0.5, 0.6) is 0 Å². The number of rotatable bonds is 7. The van der Waals surface area contributed by atoms with Crippen LogP contribution in [0.2, 0.25) is 5.15 Å². The van der Waals surface area contributed by atoms with Crippen molar-refractivity contribution in [1.29, 1.82) is 0 Å². The van der Waals surface area contributed by atoms with Gasteiger partial charge in [-0.25, -0.2) is 9.48 Å². The number of ether oxygens (including phenoxy) is 1. The second-order valence-corrected chi connectivity index (χ2v) is 6.78. The SMILES string of the molecule is CCCC(C)(NC(=O)c1c(C)nn(Cc2ccccc2)c1Cl)C(=O)OC. The van der Waals surface area contributed by atoms with Gasteiger partial charge in [0.25, 0.3) is 5.91 Å². The van der Waals surface area contributed by atoms with Crippen LogP contribution < -0.4 is 5.32 Å². The molecular formula is C19H24ClN3O3. The zero-order valence-electron chi connectivity index (χ0n) is 15.5. The quantitative estimate of drug-likeness (QED) is 0.751. The lowest BCUT2D eigenvalue weighted by atomic mass is 9.95. The van der Waals surface area contributed by atoms with Gasteiger partial charge in [-0.1, -0.05) is 55.3 Å². The van der Waals surface area contributed by atoms with Gasteiger partial charge in [-0.2, -0.15) is 5.10 Å². The Labute approximate surface area is 158 Å². The Morgan fingerprint density at radius 1 is 1.31 bits per heavy atom. The number of nitrogens with one attached hydrogen (secondary N) is 1. The van der Waals surface area contributed by atoms with E-state index in [4.69, 9.17) is 16.3 Å². The molecule has 0 fully saturated rings. The smallest absolute Gasteiger partial charge is 0.331 e. The molecular weight excluding hydrogens is 354 g/mol. The number of esters is 1. The van der Waals surface area contributed by atoms with Gasteiger partial charge in [0.15, 0.2) is 0 Å². The number of amides is 1. The van der Waals surface area contributed by atoms with Gasteiger partial charge in [-0.05, 0) is 25.8 Å². The molecule has 0 saturated carbocycles. The van der Waals surface area contributed by atoms with Gasteiger partial charge < -0.3 is 10.1 Å². The van der Waals surface area contributed by atoms with Crippen molar-refractivity contribution in [3.63, 3.8) is 0 Å². The van der Waals surface area contributed by atoms with E-state index in [9.17, 15) is 9.59 Å². The van der Waals surface area contributed by atoms with Crippen LogP contribution in [-0.4, -0.2) is 34.3 Å². The van der Waals surface area contributed by atoms with E-state index >= 15 is 0 Å². The van der Waals surface area contributed by atoms with Gasteiger partial charge in [0.2, 0.25) is 0 Å². The summed E-state index contributed by atoms with van der Waals surface area (Å²) in [6.07, 6.45) is 1.17. The van der Waals surface area contributed by atoms with Crippen LogP contribution in [0.1, 0.15) is 48.3 Å². The number of aryl methyl sites for hydroxylation is 1. The summed E-state index contributed by atoms with van der Waals surface area (Å²) in [6, 6.07) is 9.71. The molecule has 140 valence electrons. The third-order valence-corrected chi connectivity index (χ3v) is 4.63. The van der Waals surface area contributed by atoms with Crippen LogP contribution in [0.15, 0.2) is 30.3 Å². The van der Waals surface area contributed by atoms with E-state index in [0.29, 0.717) is 25.1 Å². The Morgan fingerprint density at radius 2 is 1.96 bits per heavy atom. The molecule has 1 N–H and O–H groups in total. The Balaban J connectivity index is 2.27. The first-order valence-electron chi connectivity index (χ1n) is 8.50. The zero-order chi connectivity index (χ0) is 19.3. The van der Waals surface area contributed by atoms with E-state index in [-0.39, 0.29) is 10.7 Å². The average Bonchev–Trinajstić information content (AvgIpc) is 2.88. The molecule has 0 aliphatic carbocycles. The number of carbonyl (C=O) groups excluding carboxylic acids is 2. The van der Waals surface area contributed by atoms with Gasteiger partial charge in [-0.15, -0.1) is 0 Å². The molecule has 1 amide bonds. The van der Waals surface area contributed by atoms with Crippen LogP contribution in [0.25, 0.3) is 0 Å². The van der Waals surface area contributed by atoms with Crippen molar-refractivity contribution >= 4 is 23.5 Å². The number of carbonyl (C=O) groups is 2. The third kappa shape index (κ3) is 4.25. The Morgan fingerprint density at radius 3 is 2.54 bits per heavy atom. The summed E-state index contributed by atoms with van der Waals surface area (Å²) in [7, 11) is 1.30. The Bertz CT molecular complexity index is 789. The molecule has 0 spiro atoms. The lowest BCUT2D eigenvalue weighted by Crippen LogP contribution is -2.52. The number of hydrogen-bond donors (Lipinski definition) is 1. The summed E-state index contributed by atoms with van der Waals surface area (Å²) in [5, 5.41) is 7.39. The molecule has 1 aromatic carbocycles. The fourth-order valence-electron chi connectivity index (χ4n) is 2.93. The average molecular weight is 378 g/mol. The highest BCUT2D eigenvalue weighted by atomic mass is 35.5. The van der Waals surface area contributed by atoms with E-state index in [1.165, 1.54) is 7.11 Å². The molecule has 2 aromatic rings. The van der Waals surface area contributed by atoms with Crippen molar-refractivity contribution in [2.24, 2.45) is 0 Å². The van der Waals surface area contributed by atoms with Crippen LogP contribution in [0.3, 0.4) is 0 Å². The Kier molecular flexibility index (Phi) is 6.42. The highest BCUT2D eigenvalue weighted by Gasteiger charge is 2.36. The molecule has 1 heterocycles. The first kappa shape index (κ1) is 20.0. The van der Waals surface area contributed by atoms with Crippen molar-refractivity contribution in [3.05, 3.63) is 52.3 Å². The van der Waals surface area contributed by atoms with Crippen LogP contribution in [0.4, 0.5) is 0 Å². The maximum atomic E-state index is 12.8. The highest BCUT2D eigenvalue weighted by Crippen LogP contribution is 2.23. The number of halogens is 1. The minimum atomic E-state index is -1.11. The molecule has 0 aliphatic rings. The molecule has 0 aliphatic heterocycles. The maximum Gasteiger partial charge on any atom is 0.331 e. The van der Waals surface area contributed by atoms with Crippen molar-refractivity contribution in [1.82, 2.24) is 15.1 Å². The van der Waals surface area contributed by atoms with Crippen LogP contribution >= 0.6 is 11.6 Å². The molecule has 7 heteroatoms. The standard InChI is InChI=1S/C19H24ClN3O3/c1-5-11-19(3,18(25)26-4)21-17(24)15-13(2)22-23(16(15)20)12-14-9-7-6-8-10-14/h6-10H,5,11-12H2,1-4H3,(H,21,24). The fourth-order valence-corrected chi connectivity index (χ4v) is 3.25. The third-order valence-electron chi connectivity index (χ3n) is 4.24. The lowest BCUT2D eigenvalue weighted by molar-refractivity contribution is -0.147. The highest BCUT2D eigenvalue weighted by molar-refractivity contribution is 6.33. The molecule has 0 radical (unpaired) electrons. The van der Waals surface area contributed by atoms with E-state index < -0.39 is 17.4 Å². The molecule has 1 aromatic heterocycles. The zero-order valence-corrected chi connectivity index (χ0v) is 16.3.